The number of rotatable bonds is 6. The molecule has 0 aromatic heterocycles. The smallest absolute Gasteiger partial charge is 0.271 e. The van der Waals surface area contributed by atoms with Crippen LogP contribution in [-0.2, 0) is 6.54 Å². The maximum absolute atomic E-state index is 12.3. The van der Waals surface area contributed by atoms with Crippen LogP contribution in [0.2, 0.25) is 0 Å². The summed E-state index contributed by atoms with van der Waals surface area (Å²) in [6, 6.07) is 26.1. The molecule has 0 unspecified atom stereocenters. The molecular formula is C25H25BrN4O. The fourth-order valence-electron chi connectivity index (χ4n) is 3.63. The molecule has 1 fully saturated rings. The van der Waals surface area contributed by atoms with Gasteiger partial charge in [-0.1, -0.05) is 64.5 Å². The van der Waals surface area contributed by atoms with Crippen LogP contribution in [-0.4, -0.2) is 43.2 Å². The van der Waals surface area contributed by atoms with E-state index in [2.05, 4.69) is 66.6 Å². The van der Waals surface area contributed by atoms with Gasteiger partial charge in [0.2, 0.25) is 0 Å². The normalized spacial score (nSPS) is 14.7. The average molecular weight is 477 g/mol. The Kier molecular flexibility index (Phi) is 7.12. The van der Waals surface area contributed by atoms with E-state index in [0.717, 1.165) is 42.8 Å². The number of halogens is 1. The van der Waals surface area contributed by atoms with Crippen molar-refractivity contribution in [3.8, 4) is 0 Å². The van der Waals surface area contributed by atoms with Crippen molar-refractivity contribution in [3.05, 3.63) is 100 Å². The first kappa shape index (κ1) is 21.3. The van der Waals surface area contributed by atoms with Gasteiger partial charge in [0.1, 0.15) is 0 Å². The van der Waals surface area contributed by atoms with Gasteiger partial charge in [0.15, 0.2) is 0 Å². The van der Waals surface area contributed by atoms with Gasteiger partial charge in [-0.15, -0.1) is 0 Å². The molecule has 158 valence electrons. The molecule has 6 heteroatoms. The fraction of sp³-hybridized carbons (Fsp3) is 0.200. The zero-order valence-electron chi connectivity index (χ0n) is 17.2. The van der Waals surface area contributed by atoms with Gasteiger partial charge < -0.3 is 4.90 Å². The second-order valence-corrected chi connectivity index (χ2v) is 8.37. The van der Waals surface area contributed by atoms with Crippen LogP contribution >= 0.6 is 15.9 Å². The van der Waals surface area contributed by atoms with Crippen molar-refractivity contribution in [2.45, 2.75) is 6.54 Å². The minimum Gasteiger partial charge on any atom is -0.369 e. The van der Waals surface area contributed by atoms with Crippen molar-refractivity contribution in [3.63, 3.8) is 0 Å². The number of hydrazone groups is 1. The third-order valence-corrected chi connectivity index (χ3v) is 6.11. The van der Waals surface area contributed by atoms with E-state index >= 15 is 0 Å². The largest absolute Gasteiger partial charge is 0.369 e. The molecule has 4 rings (SSSR count). The van der Waals surface area contributed by atoms with Crippen LogP contribution < -0.4 is 10.3 Å². The summed E-state index contributed by atoms with van der Waals surface area (Å²) >= 11 is 3.46. The first-order chi connectivity index (χ1) is 15.2. The lowest BCUT2D eigenvalue weighted by Gasteiger charge is -2.36. The van der Waals surface area contributed by atoms with Crippen LogP contribution in [0.3, 0.4) is 0 Å². The third kappa shape index (κ3) is 5.81. The van der Waals surface area contributed by atoms with Gasteiger partial charge in [-0.25, -0.2) is 5.43 Å². The van der Waals surface area contributed by atoms with Crippen LogP contribution in [0.4, 0.5) is 5.69 Å². The molecular weight excluding hydrogens is 452 g/mol. The van der Waals surface area contributed by atoms with E-state index in [9.17, 15) is 4.79 Å². The maximum atomic E-state index is 12.3. The van der Waals surface area contributed by atoms with Crippen LogP contribution in [0.15, 0.2) is 88.4 Å². The Morgan fingerprint density at radius 1 is 0.903 bits per heavy atom. The number of anilines is 1. The molecule has 1 aliphatic rings. The molecule has 31 heavy (non-hydrogen) atoms. The molecule has 0 atom stereocenters. The first-order valence-corrected chi connectivity index (χ1v) is 11.2. The summed E-state index contributed by atoms with van der Waals surface area (Å²) in [7, 11) is 0. The van der Waals surface area contributed by atoms with Crippen molar-refractivity contribution in [2.24, 2.45) is 5.10 Å². The average Bonchev–Trinajstić information content (AvgIpc) is 2.82. The Hall–Kier alpha value is -2.96. The minimum absolute atomic E-state index is 0.216. The SMILES string of the molecule is O=C(N/N=C\c1ccccc1Br)c1ccc(CN2CCN(c3ccccc3)CC2)cc1. The van der Waals surface area contributed by atoms with Gasteiger partial charge in [0.25, 0.3) is 5.91 Å². The maximum Gasteiger partial charge on any atom is 0.271 e. The molecule has 5 nitrogen and oxygen atoms in total. The quantitative estimate of drug-likeness (QED) is 0.419. The molecule has 0 bridgehead atoms. The highest BCUT2D eigenvalue weighted by Gasteiger charge is 2.17. The summed E-state index contributed by atoms with van der Waals surface area (Å²) in [6.45, 7) is 5.01. The van der Waals surface area contributed by atoms with Gasteiger partial charge in [0.05, 0.1) is 6.21 Å². The fourth-order valence-corrected chi connectivity index (χ4v) is 4.01. The Morgan fingerprint density at radius 2 is 1.58 bits per heavy atom. The lowest BCUT2D eigenvalue weighted by Crippen LogP contribution is -2.45. The van der Waals surface area contributed by atoms with E-state index in [1.54, 1.807) is 6.21 Å². The minimum atomic E-state index is -0.216. The van der Waals surface area contributed by atoms with Crippen molar-refractivity contribution in [2.75, 3.05) is 31.1 Å². The molecule has 0 aliphatic carbocycles. The van der Waals surface area contributed by atoms with E-state index in [0.29, 0.717) is 5.56 Å². The second-order valence-electron chi connectivity index (χ2n) is 7.52. The molecule has 1 amide bonds. The standard InChI is InChI=1S/C25H25BrN4O/c26-24-9-5-4-6-22(24)18-27-28-25(31)21-12-10-20(11-13-21)19-29-14-16-30(17-15-29)23-7-2-1-3-8-23/h1-13,18H,14-17,19H2,(H,28,31)/b27-18-. The number of benzene rings is 3. The lowest BCUT2D eigenvalue weighted by atomic mass is 10.1. The monoisotopic (exact) mass is 476 g/mol. The number of piperazine rings is 1. The second kappa shape index (κ2) is 10.4. The highest BCUT2D eigenvalue weighted by atomic mass is 79.9. The molecule has 0 radical (unpaired) electrons. The predicted molar refractivity (Wildman–Crippen MR) is 130 cm³/mol. The predicted octanol–water partition coefficient (Wildman–Crippen LogP) is 4.54. The lowest BCUT2D eigenvalue weighted by molar-refractivity contribution is 0.0955. The molecule has 1 saturated heterocycles. The van der Waals surface area contributed by atoms with Crippen molar-refractivity contribution >= 4 is 33.7 Å². The van der Waals surface area contributed by atoms with E-state index in [1.165, 1.54) is 11.3 Å². The zero-order valence-corrected chi connectivity index (χ0v) is 18.8. The number of nitrogens with zero attached hydrogens (tertiary/aromatic N) is 3. The highest BCUT2D eigenvalue weighted by molar-refractivity contribution is 9.10. The molecule has 3 aromatic carbocycles. The molecule has 1 aliphatic heterocycles. The van der Waals surface area contributed by atoms with Crippen LogP contribution in [0, 0.1) is 0 Å². The summed E-state index contributed by atoms with van der Waals surface area (Å²) in [5, 5.41) is 4.06. The Balaban J connectivity index is 1.26. The number of carbonyl (C=O) groups is 1. The van der Waals surface area contributed by atoms with E-state index in [4.69, 9.17) is 0 Å². The van der Waals surface area contributed by atoms with Crippen LogP contribution in [0.5, 0.6) is 0 Å². The Labute approximate surface area is 191 Å². The van der Waals surface area contributed by atoms with Crippen molar-refractivity contribution in [1.82, 2.24) is 10.3 Å². The summed E-state index contributed by atoms with van der Waals surface area (Å²) in [6.07, 6.45) is 1.63. The summed E-state index contributed by atoms with van der Waals surface area (Å²) < 4.78 is 0.932. The first-order valence-electron chi connectivity index (χ1n) is 10.4. The third-order valence-electron chi connectivity index (χ3n) is 5.39. The zero-order chi connectivity index (χ0) is 21.5. The van der Waals surface area contributed by atoms with E-state index < -0.39 is 0 Å². The molecule has 0 saturated carbocycles. The van der Waals surface area contributed by atoms with E-state index in [1.807, 2.05) is 48.5 Å². The highest BCUT2D eigenvalue weighted by Crippen LogP contribution is 2.17. The summed E-state index contributed by atoms with van der Waals surface area (Å²) in [5.74, 6) is -0.216. The number of amides is 1. The van der Waals surface area contributed by atoms with Gasteiger partial charge in [-0.05, 0) is 35.9 Å². The van der Waals surface area contributed by atoms with Crippen LogP contribution in [0.1, 0.15) is 21.5 Å². The molecule has 0 spiro atoms. The summed E-state index contributed by atoms with van der Waals surface area (Å²) in [5.41, 5.74) is 6.60. The number of hydrogen-bond acceptors (Lipinski definition) is 4. The number of hydrogen-bond donors (Lipinski definition) is 1. The van der Waals surface area contributed by atoms with Gasteiger partial charge in [0, 0.05) is 54.0 Å². The van der Waals surface area contributed by atoms with Crippen molar-refractivity contribution < 1.29 is 4.79 Å². The summed E-state index contributed by atoms with van der Waals surface area (Å²) in [4.78, 5) is 17.2. The van der Waals surface area contributed by atoms with Gasteiger partial charge in [-0.2, -0.15) is 5.10 Å². The topological polar surface area (TPSA) is 47.9 Å². The Morgan fingerprint density at radius 3 is 2.29 bits per heavy atom. The Bertz CT molecular complexity index is 1030. The number of carbonyl (C=O) groups excluding carboxylic acids is 1. The van der Waals surface area contributed by atoms with Crippen LogP contribution in [0.25, 0.3) is 0 Å². The number of nitrogens with one attached hydrogen (secondary N) is 1. The number of para-hydroxylation sites is 1. The van der Waals surface area contributed by atoms with Gasteiger partial charge in [-0.3, -0.25) is 9.69 Å². The van der Waals surface area contributed by atoms with Crippen molar-refractivity contribution in [1.29, 1.82) is 0 Å². The van der Waals surface area contributed by atoms with E-state index in [-0.39, 0.29) is 5.91 Å². The molecule has 1 heterocycles. The van der Waals surface area contributed by atoms with Gasteiger partial charge >= 0.3 is 0 Å². The molecule has 3 aromatic rings. The molecule has 1 N–H and O–H groups in total.